The largest absolute Gasteiger partial charge is 0.486 e. The highest BCUT2D eigenvalue weighted by molar-refractivity contribution is 5.45. The van der Waals surface area contributed by atoms with E-state index in [1.165, 1.54) is 5.56 Å². The van der Waals surface area contributed by atoms with Crippen molar-refractivity contribution < 1.29 is 9.47 Å². The van der Waals surface area contributed by atoms with Crippen molar-refractivity contribution in [1.29, 1.82) is 0 Å². The number of hydrogen-bond donors (Lipinski definition) is 3. The number of benzene rings is 1. The molecule has 0 saturated carbocycles. The Kier molecular flexibility index (Phi) is 5.84. The maximum atomic E-state index is 5.73. The van der Waals surface area contributed by atoms with Crippen LogP contribution in [0.4, 0.5) is 0 Å². The van der Waals surface area contributed by atoms with Gasteiger partial charge in [-0.2, -0.15) is 0 Å². The number of rotatable bonds is 7. The summed E-state index contributed by atoms with van der Waals surface area (Å²) in [6.45, 7) is 9.90. The van der Waals surface area contributed by atoms with E-state index in [0.29, 0.717) is 19.1 Å². The summed E-state index contributed by atoms with van der Waals surface area (Å²) in [6, 6.07) is 6.55. The van der Waals surface area contributed by atoms with E-state index in [9.17, 15) is 0 Å². The van der Waals surface area contributed by atoms with Crippen LogP contribution in [-0.4, -0.2) is 58.4 Å². The Balaban J connectivity index is 1.57. The van der Waals surface area contributed by atoms with Crippen LogP contribution in [0.25, 0.3) is 0 Å². The zero-order valence-electron chi connectivity index (χ0n) is 15.9. The lowest BCUT2D eigenvalue weighted by atomic mass is 9.91. The van der Waals surface area contributed by atoms with Crippen LogP contribution in [0, 0.1) is 11.3 Å². The average Bonchev–Trinajstić information content (AvgIpc) is 3.01. The standard InChI is InChI=1S/C19H32N4O2/c1-19(2,13-23(3)4)12-20-10-15-11-21-22-18(15)14-5-6-16-17(9-14)25-8-7-24-16/h5-6,9,15,18,20-22H,7-8,10-13H2,1-4H3. The maximum absolute atomic E-state index is 5.73. The third-order valence-corrected chi connectivity index (χ3v) is 4.77. The van der Waals surface area contributed by atoms with Crippen LogP contribution in [0.1, 0.15) is 25.5 Å². The topological polar surface area (TPSA) is 57.8 Å². The highest BCUT2D eigenvalue weighted by Gasteiger charge is 2.29. The minimum absolute atomic E-state index is 0.259. The quantitative estimate of drug-likeness (QED) is 0.693. The molecule has 6 heteroatoms. The molecule has 2 aliphatic rings. The van der Waals surface area contributed by atoms with Crippen molar-refractivity contribution in [3.8, 4) is 11.5 Å². The van der Waals surface area contributed by atoms with E-state index >= 15 is 0 Å². The molecular weight excluding hydrogens is 316 g/mol. The Morgan fingerprint density at radius 2 is 1.96 bits per heavy atom. The van der Waals surface area contributed by atoms with Gasteiger partial charge in [0.05, 0.1) is 6.04 Å². The minimum Gasteiger partial charge on any atom is -0.486 e. The molecule has 0 aromatic heterocycles. The molecule has 2 heterocycles. The number of hydrazine groups is 1. The second-order valence-electron chi connectivity index (χ2n) is 8.20. The van der Waals surface area contributed by atoms with Gasteiger partial charge in [-0.3, -0.25) is 5.43 Å². The highest BCUT2D eigenvalue weighted by atomic mass is 16.6. The second kappa shape index (κ2) is 7.91. The number of nitrogens with zero attached hydrogens (tertiary/aromatic N) is 1. The summed E-state index contributed by atoms with van der Waals surface area (Å²) >= 11 is 0. The summed E-state index contributed by atoms with van der Waals surface area (Å²) in [4.78, 5) is 2.25. The zero-order chi connectivity index (χ0) is 17.9. The molecule has 6 nitrogen and oxygen atoms in total. The Morgan fingerprint density at radius 1 is 1.20 bits per heavy atom. The van der Waals surface area contributed by atoms with E-state index < -0.39 is 0 Å². The van der Waals surface area contributed by atoms with E-state index in [1.807, 2.05) is 6.07 Å². The fourth-order valence-corrected chi connectivity index (χ4v) is 3.84. The Bertz CT molecular complexity index is 577. The molecule has 140 valence electrons. The van der Waals surface area contributed by atoms with Crippen molar-refractivity contribution in [3.63, 3.8) is 0 Å². The number of hydrogen-bond acceptors (Lipinski definition) is 6. The van der Waals surface area contributed by atoms with Crippen LogP contribution < -0.4 is 25.6 Å². The first-order valence-corrected chi connectivity index (χ1v) is 9.18. The summed E-state index contributed by atoms with van der Waals surface area (Å²) in [6.07, 6.45) is 0. The van der Waals surface area contributed by atoms with Gasteiger partial charge in [-0.05, 0) is 37.2 Å². The molecule has 0 aliphatic carbocycles. The molecule has 1 saturated heterocycles. The van der Waals surface area contributed by atoms with Gasteiger partial charge in [0.2, 0.25) is 0 Å². The van der Waals surface area contributed by atoms with E-state index in [0.717, 1.165) is 37.7 Å². The van der Waals surface area contributed by atoms with E-state index in [1.54, 1.807) is 0 Å². The lowest BCUT2D eigenvalue weighted by Crippen LogP contribution is -2.40. The first kappa shape index (κ1) is 18.5. The van der Waals surface area contributed by atoms with Gasteiger partial charge >= 0.3 is 0 Å². The predicted molar refractivity (Wildman–Crippen MR) is 100 cm³/mol. The zero-order valence-corrected chi connectivity index (χ0v) is 15.9. The normalized spacial score (nSPS) is 23.2. The fourth-order valence-electron chi connectivity index (χ4n) is 3.84. The summed E-state index contributed by atoms with van der Waals surface area (Å²) in [5.41, 5.74) is 8.23. The molecular formula is C19H32N4O2. The molecule has 3 N–H and O–H groups in total. The molecule has 0 bridgehead atoms. The second-order valence-corrected chi connectivity index (χ2v) is 8.20. The van der Waals surface area contributed by atoms with Crippen molar-refractivity contribution >= 4 is 0 Å². The Hall–Kier alpha value is -1.34. The first-order valence-electron chi connectivity index (χ1n) is 9.18. The van der Waals surface area contributed by atoms with Crippen LogP contribution >= 0.6 is 0 Å². The molecule has 1 fully saturated rings. The van der Waals surface area contributed by atoms with Gasteiger partial charge in [-0.15, -0.1) is 0 Å². The third-order valence-electron chi connectivity index (χ3n) is 4.77. The molecule has 1 aromatic rings. The molecule has 2 atom stereocenters. The van der Waals surface area contributed by atoms with E-state index in [4.69, 9.17) is 9.47 Å². The Morgan fingerprint density at radius 3 is 2.72 bits per heavy atom. The van der Waals surface area contributed by atoms with E-state index in [-0.39, 0.29) is 11.5 Å². The number of nitrogens with one attached hydrogen (secondary N) is 3. The summed E-state index contributed by atoms with van der Waals surface area (Å²) in [7, 11) is 4.26. The molecule has 25 heavy (non-hydrogen) atoms. The lowest BCUT2D eigenvalue weighted by Gasteiger charge is -2.29. The van der Waals surface area contributed by atoms with Gasteiger partial charge < -0.3 is 19.7 Å². The Labute approximate surface area is 151 Å². The summed E-state index contributed by atoms with van der Waals surface area (Å²) < 4.78 is 11.4. The van der Waals surface area contributed by atoms with Gasteiger partial charge in [0.25, 0.3) is 0 Å². The molecule has 0 amide bonds. The van der Waals surface area contributed by atoms with Gasteiger partial charge in [0, 0.05) is 32.1 Å². The molecule has 2 unspecified atom stereocenters. The highest BCUT2D eigenvalue weighted by Crippen LogP contribution is 2.35. The monoisotopic (exact) mass is 348 g/mol. The van der Waals surface area contributed by atoms with Crippen LogP contribution in [0.3, 0.4) is 0 Å². The van der Waals surface area contributed by atoms with Gasteiger partial charge in [0.15, 0.2) is 11.5 Å². The van der Waals surface area contributed by atoms with Crippen LogP contribution in [0.15, 0.2) is 18.2 Å². The first-order chi connectivity index (χ1) is 11.9. The summed E-state index contributed by atoms with van der Waals surface area (Å²) in [5.74, 6) is 2.20. The third kappa shape index (κ3) is 4.85. The SMILES string of the molecule is CN(C)CC(C)(C)CNCC1CNNC1c1ccc2c(c1)OCCO2. The number of fused-ring (bicyclic) bond motifs is 1. The summed E-state index contributed by atoms with van der Waals surface area (Å²) in [5, 5.41) is 3.67. The molecule has 0 spiro atoms. The van der Waals surface area contributed by atoms with Crippen molar-refractivity contribution in [1.82, 2.24) is 21.1 Å². The molecule has 0 radical (unpaired) electrons. The minimum atomic E-state index is 0.259. The van der Waals surface area contributed by atoms with Crippen molar-refractivity contribution in [3.05, 3.63) is 23.8 Å². The van der Waals surface area contributed by atoms with Crippen LogP contribution in [0.2, 0.25) is 0 Å². The van der Waals surface area contributed by atoms with Gasteiger partial charge in [-0.25, -0.2) is 5.43 Å². The van der Waals surface area contributed by atoms with Crippen molar-refractivity contribution in [2.75, 3.05) is 53.5 Å². The number of ether oxygens (including phenoxy) is 2. The average molecular weight is 348 g/mol. The molecule has 3 rings (SSSR count). The van der Waals surface area contributed by atoms with Crippen molar-refractivity contribution in [2.24, 2.45) is 11.3 Å². The van der Waals surface area contributed by atoms with Crippen molar-refractivity contribution in [2.45, 2.75) is 19.9 Å². The lowest BCUT2D eigenvalue weighted by molar-refractivity contribution is 0.171. The smallest absolute Gasteiger partial charge is 0.161 e. The van der Waals surface area contributed by atoms with Crippen LogP contribution in [-0.2, 0) is 0 Å². The van der Waals surface area contributed by atoms with Gasteiger partial charge in [-0.1, -0.05) is 19.9 Å². The molecule has 2 aliphatic heterocycles. The van der Waals surface area contributed by atoms with E-state index in [2.05, 4.69) is 61.1 Å². The van der Waals surface area contributed by atoms with Gasteiger partial charge in [0.1, 0.15) is 13.2 Å². The maximum Gasteiger partial charge on any atom is 0.161 e. The predicted octanol–water partition coefficient (Wildman–Crippen LogP) is 1.40. The molecule has 1 aromatic carbocycles. The van der Waals surface area contributed by atoms with Crippen LogP contribution in [0.5, 0.6) is 11.5 Å². The fraction of sp³-hybridized carbons (Fsp3) is 0.684.